The number of carbonyl (C=O) groups is 10. The molecule has 37 nitrogen and oxygen atoms in total. The van der Waals surface area contributed by atoms with Crippen LogP contribution in [0.5, 0.6) is 0 Å². The average Bonchev–Trinajstić information content (AvgIpc) is 1.64. The number of carboxylic acids is 1. The minimum Gasteiger partial charge on any atom is -0.481 e. The molecule has 0 bridgehead atoms. The number of aliphatic carboxylic acids is 1. The highest BCUT2D eigenvalue weighted by Crippen LogP contribution is 2.33. The van der Waals surface area contributed by atoms with Gasteiger partial charge in [0.15, 0.2) is 0 Å². The third-order valence-corrected chi connectivity index (χ3v) is 28.4. The van der Waals surface area contributed by atoms with E-state index in [0.717, 1.165) is 141 Å². The standard InChI is InChI=1S/C52H71N11O7S.C30H42N4O6S.C22H31N7O2.2CH4/c1-34-47(71-33-58-34)37-17-15-35(16-18-37)25-54-50(69)43-23-40(64)31-63(43)51(70)48(52(2,3)4)60-46(67)14-8-6-5-7-13-45(66)53-20-22-62-28-39(29-62)59-44-24-42(56-32-57-44)49(68)55-26-41(65)30-61-21-19-36-11-9-10-12-38(36)27-61;1-19-26(41-18-32-19)21-13-11-20(12-14-21)16-31-28(39)23-15-22(35)17-34(23)29(40)27(30(2,3)4)33-24(36)9-7-5-6-8-10-25(37)38;23-6-8-29-12-18(13-29)27-21-9-20(25-15-26-21)22(31)24-10-19(30)14-28-7-5-16-3-1-2-4-17(16)11-28;;/h9-12,15-18,24,32-33,39-41,43,48,64-65H,5-8,13-14,19-23,25-31H2,1-4H3,(H,53,66)(H,54,69)(H,55,68)(H,60,67)(H,56,57,59);11-14,18,22-23,27,35H,5-10,15-17H2,1-4H3,(H,31,39)(H,33,36)(H,37,38);1-4,9,15,18-19,30H,5-8,10-14,23H2,(H,24,31)(H,25,26,27);2*1H4/t40-,41+,43+,48-;22-,23+,27-;19-;;/m110../s1. The zero-order chi connectivity index (χ0) is 102. The summed E-state index contributed by atoms with van der Waals surface area (Å²) in [6.07, 6.45) is 8.25. The minimum absolute atomic E-state index is 0. The van der Waals surface area contributed by atoms with Crippen molar-refractivity contribution in [3.8, 4) is 20.9 Å². The summed E-state index contributed by atoms with van der Waals surface area (Å²) in [6.45, 7) is 26.4. The number of nitrogens with zero attached hydrogens (tertiary/aromatic N) is 12. The lowest BCUT2D eigenvalue weighted by Gasteiger charge is -2.39. The van der Waals surface area contributed by atoms with Crippen molar-refractivity contribution in [2.24, 2.45) is 16.6 Å². The fraction of sp³-hybridized carbons (Fsp3) is 0.547. The van der Waals surface area contributed by atoms with E-state index >= 15 is 0 Å². The van der Waals surface area contributed by atoms with Gasteiger partial charge in [0.2, 0.25) is 41.4 Å². The van der Waals surface area contributed by atoms with Gasteiger partial charge < -0.3 is 88.9 Å². The number of nitrogens with two attached hydrogens (primary N) is 1. The van der Waals surface area contributed by atoms with Crippen LogP contribution < -0.4 is 53.6 Å². The monoisotopic (exact) mass is 2040 g/mol. The number of rotatable bonds is 45. The van der Waals surface area contributed by atoms with Crippen molar-refractivity contribution in [1.29, 1.82) is 0 Å². The average molecular weight is 2040 g/mol. The number of nitrogens with one attached hydrogen (secondary N) is 9. The van der Waals surface area contributed by atoms with Gasteiger partial charge >= 0.3 is 5.97 Å². The first-order chi connectivity index (χ1) is 68.6. The summed E-state index contributed by atoms with van der Waals surface area (Å²) in [4.78, 5) is 168. The van der Waals surface area contributed by atoms with Crippen LogP contribution in [0.4, 0.5) is 11.6 Å². The molecular formula is C106H152N22O15S2. The Morgan fingerprint density at radius 2 is 0.848 bits per heavy atom. The summed E-state index contributed by atoms with van der Waals surface area (Å²) in [6, 6.07) is 32.7. The van der Waals surface area contributed by atoms with Gasteiger partial charge in [-0.1, -0.05) is 179 Å². The van der Waals surface area contributed by atoms with Gasteiger partial charge in [-0.15, -0.1) is 22.7 Å². The molecule has 0 radical (unpaired) electrons. The number of aryl methyl sites for hydroxylation is 2. The number of hydrogen-bond acceptors (Lipinski definition) is 29. The Balaban J connectivity index is 0.000000245. The maximum absolute atomic E-state index is 14.0. The zero-order valence-electron chi connectivity index (χ0n) is 83.5. The van der Waals surface area contributed by atoms with Gasteiger partial charge in [-0.05, 0) is 108 Å². The van der Waals surface area contributed by atoms with E-state index < -0.39 is 77.2 Å². The molecule has 6 aliphatic heterocycles. The first kappa shape index (κ1) is 115. The first-order valence-electron chi connectivity index (χ1n) is 50.0. The number of carboxylic acid groups (broad SMARTS) is 1. The first-order valence-corrected chi connectivity index (χ1v) is 51.7. The van der Waals surface area contributed by atoms with Crippen LogP contribution in [0.2, 0.25) is 0 Å². The summed E-state index contributed by atoms with van der Waals surface area (Å²) in [5.41, 5.74) is 19.6. The number of β-amino-alcohol motifs (C(OH)–C–C–N with tert-alkyl or cyclic N) is 4. The van der Waals surface area contributed by atoms with Crippen LogP contribution in [0.15, 0.2) is 133 Å². The Bertz CT molecular complexity index is 5530. The predicted octanol–water partition coefficient (Wildman–Crippen LogP) is 8.02. The molecular weight excluding hydrogens is 1890 g/mol. The molecule has 4 aromatic carbocycles. The number of benzene rings is 4. The van der Waals surface area contributed by atoms with Gasteiger partial charge in [-0.25, -0.2) is 29.9 Å². The third-order valence-electron chi connectivity index (χ3n) is 26.5. The maximum Gasteiger partial charge on any atom is 0.303 e. The van der Waals surface area contributed by atoms with Crippen LogP contribution in [-0.2, 0) is 77.4 Å². The zero-order valence-corrected chi connectivity index (χ0v) is 85.1. The highest BCUT2D eigenvalue weighted by atomic mass is 32.1. The number of carbonyl (C=O) groups excluding carboxylic acids is 9. The molecule has 4 aromatic heterocycles. The molecule has 8 atom stereocenters. The van der Waals surface area contributed by atoms with Crippen LogP contribution >= 0.6 is 22.7 Å². The Hall–Kier alpha value is -11.8. The number of thiazole rings is 2. The molecule has 39 heteroatoms. The van der Waals surface area contributed by atoms with Gasteiger partial charge in [0.1, 0.15) is 59.8 Å². The second-order valence-electron chi connectivity index (χ2n) is 40.3. The smallest absolute Gasteiger partial charge is 0.303 e. The number of anilines is 2. The lowest BCUT2D eigenvalue weighted by molar-refractivity contribution is -0.144. The van der Waals surface area contributed by atoms with Crippen molar-refractivity contribution in [2.75, 3.05) is 115 Å². The van der Waals surface area contributed by atoms with Gasteiger partial charge in [-0.2, -0.15) is 0 Å². The van der Waals surface area contributed by atoms with E-state index in [9.17, 15) is 68.4 Å². The highest BCUT2D eigenvalue weighted by molar-refractivity contribution is 7.13. The Morgan fingerprint density at radius 3 is 1.23 bits per heavy atom. The lowest BCUT2D eigenvalue weighted by atomic mass is 9.85. The minimum atomic E-state index is -0.894. The Morgan fingerprint density at radius 1 is 0.462 bits per heavy atom. The molecule has 16 N–H and O–H groups in total. The summed E-state index contributed by atoms with van der Waals surface area (Å²) < 4.78 is 0. The summed E-state index contributed by atoms with van der Waals surface area (Å²) >= 11 is 3.15. The van der Waals surface area contributed by atoms with Crippen molar-refractivity contribution in [3.63, 3.8) is 0 Å². The van der Waals surface area contributed by atoms with Crippen LogP contribution in [0, 0.1) is 24.7 Å². The van der Waals surface area contributed by atoms with Crippen molar-refractivity contribution < 1.29 is 73.5 Å². The van der Waals surface area contributed by atoms with E-state index in [0.29, 0.717) is 82.5 Å². The fourth-order valence-electron chi connectivity index (χ4n) is 18.5. The molecule has 4 fully saturated rings. The molecule has 0 spiro atoms. The topological polar surface area (TPSA) is 503 Å². The van der Waals surface area contributed by atoms with E-state index in [2.05, 4.69) is 134 Å². The van der Waals surface area contributed by atoms with E-state index in [1.54, 1.807) is 34.8 Å². The van der Waals surface area contributed by atoms with E-state index in [-0.39, 0.29) is 145 Å². The fourth-order valence-corrected chi connectivity index (χ4v) is 20.1. The number of aliphatic hydroxyl groups excluding tert-OH is 4. The molecule has 4 saturated heterocycles. The van der Waals surface area contributed by atoms with Crippen LogP contribution in [-0.4, -0.2) is 309 Å². The van der Waals surface area contributed by atoms with Gasteiger partial charge in [0, 0.05) is 182 Å². The van der Waals surface area contributed by atoms with E-state index in [4.69, 9.17) is 10.8 Å². The molecule has 788 valence electrons. The van der Waals surface area contributed by atoms with E-state index in [1.165, 1.54) is 44.7 Å². The Kier molecular flexibility index (Phi) is 44.7. The van der Waals surface area contributed by atoms with Crippen molar-refractivity contribution in [2.45, 2.75) is 260 Å². The number of fused-ring (bicyclic) bond motifs is 2. The number of aromatic nitrogens is 6. The second kappa shape index (κ2) is 56.2. The molecule has 10 heterocycles. The maximum atomic E-state index is 14.0. The molecule has 9 amide bonds. The SMILES string of the molecule is C.C.Cc1ncsc1-c1ccc(CNC(=O)[C@@H]2C[C@@H](O)CN2C(=O)[C@@H](NC(=O)CCCCCCC(=O)NCCN2CC(Nc3cc(C(=O)NC[C@H](O)CN4CCc5ccccc5C4)ncn3)C2)C(C)(C)C)cc1.Cc1ncsc1-c1ccc(CNC(=O)[C@@H]2C[C@@H](O)CN2C(=O)[C@@H](NC(=O)CCCCCCC(=O)O)C(C)(C)C)cc1.NCCN1CC(Nc2cc(C(=O)NC[C@H](O)CN3CCc4ccccc4C3)ncn2)C1. The van der Waals surface area contributed by atoms with Crippen LogP contribution in [0.1, 0.15) is 212 Å². The summed E-state index contributed by atoms with van der Waals surface area (Å²) in [7, 11) is 0. The van der Waals surface area contributed by atoms with E-state index in [1.807, 2.05) is 127 Å². The van der Waals surface area contributed by atoms with Gasteiger partial charge in [0.25, 0.3) is 11.8 Å². The quantitative estimate of drug-likeness (QED) is 0.0161. The molecule has 8 aromatic rings. The predicted molar refractivity (Wildman–Crippen MR) is 561 cm³/mol. The summed E-state index contributed by atoms with van der Waals surface area (Å²) in [5.74, 6) is -2.38. The third kappa shape index (κ3) is 35.5. The second-order valence-corrected chi connectivity index (χ2v) is 42.0. The van der Waals surface area contributed by atoms with Crippen molar-refractivity contribution in [1.82, 2.24) is 96.5 Å². The van der Waals surface area contributed by atoms with Gasteiger partial charge in [0.05, 0.1) is 68.7 Å². The van der Waals surface area contributed by atoms with Crippen LogP contribution in [0.25, 0.3) is 20.9 Å². The largest absolute Gasteiger partial charge is 0.481 e. The Labute approximate surface area is 860 Å². The highest BCUT2D eigenvalue weighted by Gasteiger charge is 2.47. The number of likely N-dealkylation sites (tertiary alicyclic amines) is 4. The number of amides is 9. The molecule has 14 rings (SSSR count). The van der Waals surface area contributed by atoms with Crippen LogP contribution in [0.3, 0.4) is 0 Å². The normalized spacial score (nSPS) is 17.8. The number of hydrogen-bond donors (Lipinski definition) is 15. The molecule has 0 unspecified atom stereocenters. The number of unbranched alkanes of at least 4 members (excludes halogenated alkanes) is 6. The van der Waals surface area contributed by atoms with Crippen molar-refractivity contribution in [3.05, 3.63) is 189 Å². The summed E-state index contributed by atoms with van der Waals surface area (Å²) in [5, 5.41) is 77.6. The lowest BCUT2D eigenvalue weighted by Crippen LogP contribution is -2.57. The number of aliphatic hydroxyl groups is 4. The molecule has 0 aliphatic carbocycles. The molecule has 145 heavy (non-hydrogen) atoms. The molecule has 0 saturated carbocycles. The van der Waals surface area contributed by atoms with Gasteiger partial charge in [-0.3, -0.25) is 67.5 Å². The molecule has 6 aliphatic rings. The van der Waals surface area contributed by atoms with Crippen molar-refractivity contribution >= 4 is 93.4 Å².